The summed E-state index contributed by atoms with van der Waals surface area (Å²) in [5, 5.41) is 6.06. The Bertz CT molecular complexity index is 413. The Morgan fingerprint density at radius 2 is 2.05 bits per heavy atom. The van der Waals surface area contributed by atoms with Crippen LogP contribution in [0.25, 0.3) is 0 Å². The minimum Gasteiger partial charge on any atom is -0.484 e. The predicted octanol–water partition coefficient (Wildman–Crippen LogP) is 1.87. The maximum absolute atomic E-state index is 11.5. The van der Waals surface area contributed by atoms with Crippen LogP contribution in [0.1, 0.15) is 31.4 Å². The molecule has 4 heteroatoms. The number of ether oxygens (including phenoxy) is 1. The van der Waals surface area contributed by atoms with Crippen LogP contribution in [-0.4, -0.2) is 26.1 Å². The smallest absolute Gasteiger partial charge is 0.257 e. The number of nitrogens with one attached hydrogen (secondary N) is 2. The Morgan fingerprint density at radius 3 is 2.63 bits per heavy atom. The molecular weight excluding hydrogens is 240 g/mol. The highest BCUT2D eigenvalue weighted by molar-refractivity contribution is 5.77. The molecule has 1 amide bonds. The molecule has 0 spiro atoms. The fourth-order valence-electron chi connectivity index (χ4n) is 1.80. The number of rotatable bonds is 7. The third kappa shape index (κ3) is 4.56. The van der Waals surface area contributed by atoms with E-state index in [4.69, 9.17) is 4.74 Å². The summed E-state index contributed by atoms with van der Waals surface area (Å²) in [4.78, 5) is 11.5. The molecule has 1 unspecified atom stereocenters. The average molecular weight is 262 g/mol. The number of amides is 1. The normalized spacial score (nSPS) is 15.9. The molecule has 1 aliphatic rings. The van der Waals surface area contributed by atoms with Crippen LogP contribution < -0.4 is 15.4 Å². The van der Waals surface area contributed by atoms with Gasteiger partial charge in [0.2, 0.25) is 0 Å². The third-order valence-corrected chi connectivity index (χ3v) is 3.47. The van der Waals surface area contributed by atoms with E-state index in [1.807, 2.05) is 31.3 Å². The standard InChI is InChI=1S/C15H22N2O2/c1-11(16-2)13-5-7-14(8-6-13)19-10-15(18)17-9-12-3-4-12/h5-8,11-12,16H,3-4,9-10H2,1-2H3,(H,17,18). The number of benzene rings is 1. The van der Waals surface area contributed by atoms with Gasteiger partial charge in [0, 0.05) is 12.6 Å². The number of carbonyl (C=O) groups is 1. The third-order valence-electron chi connectivity index (χ3n) is 3.47. The Labute approximate surface area is 114 Å². The summed E-state index contributed by atoms with van der Waals surface area (Å²) in [5.41, 5.74) is 1.20. The fraction of sp³-hybridized carbons (Fsp3) is 0.533. The van der Waals surface area contributed by atoms with Gasteiger partial charge < -0.3 is 15.4 Å². The highest BCUT2D eigenvalue weighted by Gasteiger charge is 2.21. The molecule has 0 saturated heterocycles. The van der Waals surface area contributed by atoms with Crippen molar-refractivity contribution in [2.75, 3.05) is 20.2 Å². The highest BCUT2D eigenvalue weighted by Crippen LogP contribution is 2.27. The first-order valence-corrected chi connectivity index (χ1v) is 6.85. The molecule has 2 rings (SSSR count). The molecule has 0 bridgehead atoms. The lowest BCUT2D eigenvalue weighted by molar-refractivity contribution is -0.123. The van der Waals surface area contributed by atoms with Crippen LogP contribution in [0.15, 0.2) is 24.3 Å². The van der Waals surface area contributed by atoms with Crippen molar-refractivity contribution in [2.45, 2.75) is 25.8 Å². The summed E-state index contributed by atoms with van der Waals surface area (Å²) in [6.07, 6.45) is 2.48. The van der Waals surface area contributed by atoms with Crippen LogP contribution in [0.2, 0.25) is 0 Å². The lowest BCUT2D eigenvalue weighted by Crippen LogP contribution is -2.30. The lowest BCUT2D eigenvalue weighted by atomic mass is 10.1. The van der Waals surface area contributed by atoms with E-state index < -0.39 is 0 Å². The van der Waals surface area contributed by atoms with E-state index in [1.54, 1.807) is 0 Å². The zero-order valence-electron chi connectivity index (χ0n) is 11.6. The van der Waals surface area contributed by atoms with Crippen LogP contribution in [0.3, 0.4) is 0 Å². The molecule has 19 heavy (non-hydrogen) atoms. The topological polar surface area (TPSA) is 50.4 Å². The van der Waals surface area contributed by atoms with Gasteiger partial charge in [-0.2, -0.15) is 0 Å². The van der Waals surface area contributed by atoms with Gasteiger partial charge in [0.05, 0.1) is 0 Å². The van der Waals surface area contributed by atoms with Crippen molar-refractivity contribution in [1.29, 1.82) is 0 Å². The van der Waals surface area contributed by atoms with Crippen molar-refractivity contribution in [2.24, 2.45) is 5.92 Å². The zero-order chi connectivity index (χ0) is 13.7. The molecule has 0 aromatic heterocycles. The summed E-state index contributed by atoms with van der Waals surface area (Å²) in [7, 11) is 1.93. The maximum atomic E-state index is 11.5. The molecule has 0 aliphatic heterocycles. The monoisotopic (exact) mass is 262 g/mol. The summed E-state index contributed by atoms with van der Waals surface area (Å²) in [5.74, 6) is 1.39. The first-order valence-electron chi connectivity index (χ1n) is 6.85. The number of hydrogen-bond acceptors (Lipinski definition) is 3. The van der Waals surface area contributed by atoms with E-state index in [9.17, 15) is 4.79 Å². The van der Waals surface area contributed by atoms with Crippen LogP contribution in [0, 0.1) is 5.92 Å². The fourth-order valence-corrected chi connectivity index (χ4v) is 1.80. The van der Waals surface area contributed by atoms with Crippen molar-refractivity contribution in [3.05, 3.63) is 29.8 Å². The molecule has 1 fully saturated rings. The zero-order valence-corrected chi connectivity index (χ0v) is 11.6. The summed E-state index contributed by atoms with van der Waals surface area (Å²) >= 11 is 0. The molecule has 1 aromatic rings. The molecule has 1 aliphatic carbocycles. The Hall–Kier alpha value is -1.55. The summed E-state index contributed by atoms with van der Waals surface area (Å²) < 4.78 is 5.46. The molecule has 0 radical (unpaired) electrons. The van der Waals surface area contributed by atoms with E-state index in [2.05, 4.69) is 17.6 Å². The second kappa shape index (κ2) is 6.57. The largest absolute Gasteiger partial charge is 0.484 e. The van der Waals surface area contributed by atoms with Crippen LogP contribution >= 0.6 is 0 Å². The first kappa shape index (κ1) is 13.9. The van der Waals surface area contributed by atoms with Gasteiger partial charge in [0.15, 0.2) is 6.61 Å². The van der Waals surface area contributed by atoms with Gasteiger partial charge in [-0.05, 0) is 50.4 Å². The molecule has 2 N–H and O–H groups in total. The van der Waals surface area contributed by atoms with Crippen molar-refractivity contribution in [3.8, 4) is 5.75 Å². The molecule has 4 nitrogen and oxygen atoms in total. The van der Waals surface area contributed by atoms with Crippen molar-refractivity contribution in [3.63, 3.8) is 0 Å². The lowest BCUT2D eigenvalue weighted by Gasteiger charge is -2.11. The van der Waals surface area contributed by atoms with Crippen LogP contribution in [-0.2, 0) is 4.79 Å². The van der Waals surface area contributed by atoms with Crippen molar-refractivity contribution in [1.82, 2.24) is 10.6 Å². The minimum atomic E-state index is -0.0421. The highest BCUT2D eigenvalue weighted by atomic mass is 16.5. The van der Waals surface area contributed by atoms with Gasteiger partial charge in [-0.1, -0.05) is 12.1 Å². The number of hydrogen-bond donors (Lipinski definition) is 2. The van der Waals surface area contributed by atoms with Crippen LogP contribution in [0.4, 0.5) is 0 Å². The molecule has 0 heterocycles. The Morgan fingerprint density at radius 1 is 1.37 bits per heavy atom. The van der Waals surface area contributed by atoms with E-state index in [0.29, 0.717) is 12.0 Å². The minimum absolute atomic E-state index is 0.0421. The average Bonchev–Trinajstić information content (AvgIpc) is 3.26. The van der Waals surface area contributed by atoms with Gasteiger partial charge in [0.25, 0.3) is 5.91 Å². The second-order valence-corrected chi connectivity index (χ2v) is 5.12. The SMILES string of the molecule is CNC(C)c1ccc(OCC(=O)NCC2CC2)cc1. The van der Waals surface area contributed by atoms with Crippen LogP contribution in [0.5, 0.6) is 5.75 Å². The van der Waals surface area contributed by atoms with Crippen molar-refractivity contribution >= 4 is 5.91 Å². The summed E-state index contributed by atoms with van der Waals surface area (Å²) in [6, 6.07) is 8.14. The van der Waals surface area contributed by atoms with E-state index in [1.165, 1.54) is 18.4 Å². The maximum Gasteiger partial charge on any atom is 0.257 e. The van der Waals surface area contributed by atoms with Gasteiger partial charge in [-0.15, -0.1) is 0 Å². The molecule has 1 saturated carbocycles. The molecular formula is C15H22N2O2. The van der Waals surface area contributed by atoms with E-state index >= 15 is 0 Å². The van der Waals surface area contributed by atoms with Gasteiger partial charge in [-0.3, -0.25) is 4.79 Å². The van der Waals surface area contributed by atoms with Gasteiger partial charge in [-0.25, -0.2) is 0 Å². The first-order chi connectivity index (χ1) is 9.19. The summed E-state index contributed by atoms with van der Waals surface area (Å²) in [6.45, 7) is 2.98. The molecule has 1 aromatic carbocycles. The molecule has 1 atom stereocenters. The predicted molar refractivity (Wildman–Crippen MR) is 75.1 cm³/mol. The Balaban J connectivity index is 1.74. The van der Waals surface area contributed by atoms with Crippen molar-refractivity contribution < 1.29 is 9.53 Å². The second-order valence-electron chi connectivity index (χ2n) is 5.12. The van der Waals surface area contributed by atoms with Gasteiger partial charge >= 0.3 is 0 Å². The van der Waals surface area contributed by atoms with E-state index in [-0.39, 0.29) is 12.5 Å². The molecule has 104 valence electrons. The van der Waals surface area contributed by atoms with E-state index in [0.717, 1.165) is 12.3 Å². The quantitative estimate of drug-likeness (QED) is 0.788. The number of carbonyl (C=O) groups excluding carboxylic acids is 1. The van der Waals surface area contributed by atoms with Gasteiger partial charge in [0.1, 0.15) is 5.75 Å². The Kier molecular flexibility index (Phi) is 4.80.